The Morgan fingerprint density at radius 2 is 2.20 bits per heavy atom. The van der Waals surface area contributed by atoms with Gasteiger partial charge in [-0.1, -0.05) is 6.08 Å². The molecule has 0 fully saturated rings. The molecule has 10 heavy (non-hydrogen) atoms. The standard InChI is InChI=1S/C5H9NO4/c6-3(5(9)10)1-2-4(7)8/h2-3,7-8H,1,6H2,(H,9,10)/p-1/t3-/m0/s1. The molecule has 0 unspecified atom stereocenters. The van der Waals surface area contributed by atoms with Gasteiger partial charge in [0.25, 0.3) is 0 Å². The van der Waals surface area contributed by atoms with Crippen molar-refractivity contribution in [2.24, 2.45) is 5.73 Å². The Balaban J connectivity index is 3.70. The van der Waals surface area contributed by atoms with E-state index in [4.69, 9.17) is 15.9 Å². The third kappa shape index (κ3) is 3.73. The molecule has 0 radical (unpaired) electrons. The maximum atomic E-state index is 9.97. The van der Waals surface area contributed by atoms with Crippen LogP contribution in [0, 0.1) is 0 Å². The predicted octanol–water partition coefficient (Wildman–Crippen LogP) is -1.45. The minimum absolute atomic E-state index is 0.148. The van der Waals surface area contributed by atoms with Gasteiger partial charge in [-0.15, -0.1) is 0 Å². The molecule has 0 aliphatic rings. The first-order chi connectivity index (χ1) is 4.54. The van der Waals surface area contributed by atoms with Gasteiger partial charge in [0.05, 0.1) is 0 Å². The van der Waals surface area contributed by atoms with Crippen LogP contribution in [-0.2, 0) is 4.79 Å². The lowest BCUT2D eigenvalue weighted by molar-refractivity contribution is -0.348. The Hall–Kier alpha value is -1.23. The van der Waals surface area contributed by atoms with Crippen molar-refractivity contribution < 1.29 is 20.1 Å². The van der Waals surface area contributed by atoms with E-state index in [9.17, 15) is 9.90 Å². The minimum Gasteiger partial charge on any atom is -0.629 e. The lowest BCUT2D eigenvalue weighted by Gasteiger charge is -2.02. The zero-order chi connectivity index (χ0) is 8.15. The summed E-state index contributed by atoms with van der Waals surface area (Å²) in [5.74, 6) is -2.35. The van der Waals surface area contributed by atoms with Crippen molar-refractivity contribution in [3.05, 3.63) is 12.0 Å². The monoisotopic (exact) mass is 146 g/mol. The highest BCUT2D eigenvalue weighted by Crippen LogP contribution is 1.90. The minimum atomic E-state index is -1.20. The lowest BCUT2D eigenvalue weighted by Crippen LogP contribution is -2.29. The number of hydrogen-bond acceptors (Lipinski definition) is 4. The summed E-state index contributed by atoms with van der Waals surface area (Å²) in [4.78, 5) is 9.97. The number of nitrogens with two attached hydrogens (primary N) is 1. The molecule has 4 N–H and O–H groups in total. The molecule has 0 aromatic rings. The fraction of sp³-hybridized carbons (Fsp3) is 0.400. The number of hydrogen-bond donors (Lipinski definition) is 3. The van der Waals surface area contributed by atoms with Gasteiger partial charge in [-0.05, 0) is 6.42 Å². The van der Waals surface area contributed by atoms with Crippen molar-refractivity contribution in [3.63, 3.8) is 0 Å². The molecule has 0 bridgehead atoms. The maximum Gasteiger partial charge on any atom is 0.320 e. The first kappa shape index (κ1) is 8.77. The number of aliphatic hydroxyl groups is 1. The molecule has 0 rings (SSSR count). The first-order valence-corrected chi connectivity index (χ1v) is 2.58. The van der Waals surface area contributed by atoms with Gasteiger partial charge in [0.1, 0.15) is 6.04 Å². The van der Waals surface area contributed by atoms with Crippen LogP contribution in [0.5, 0.6) is 0 Å². The van der Waals surface area contributed by atoms with E-state index in [0.29, 0.717) is 0 Å². The maximum absolute atomic E-state index is 9.97. The fourth-order valence-corrected chi connectivity index (χ4v) is 0.329. The molecule has 1 atom stereocenters. The third-order valence-electron chi connectivity index (χ3n) is 0.864. The first-order valence-electron chi connectivity index (χ1n) is 2.58. The lowest BCUT2D eigenvalue weighted by atomic mass is 10.2. The van der Waals surface area contributed by atoms with Crippen LogP contribution in [0.2, 0.25) is 0 Å². The summed E-state index contributed by atoms with van der Waals surface area (Å²) in [6.45, 7) is 0. The van der Waals surface area contributed by atoms with Gasteiger partial charge in [-0.2, -0.15) is 0 Å². The second-order valence-electron chi connectivity index (χ2n) is 1.72. The summed E-state index contributed by atoms with van der Waals surface area (Å²) >= 11 is 0. The molecule has 0 heterocycles. The molecule has 0 spiro atoms. The zero-order valence-corrected chi connectivity index (χ0v) is 5.15. The summed E-state index contributed by atoms with van der Waals surface area (Å²) in [5.41, 5.74) is 4.97. The van der Waals surface area contributed by atoms with Gasteiger partial charge in [-0.3, -0.25) is 4.79 Å². The van der Waals surface area contributed by atoms with Gasteiger partial charge in [0.2, 0.25) is 0 Å². The highest BCUT2D eigenvalue weighted by Gasteiger charge is 2.07. The van der Waals surface area contributed by atoms with Gasteiger partial charge in [0, 0.05) is 5.95 Å². The smallest absolute Gasteiger partial charge is 0.320 e. The Morgan fingerprint density at radius 1 is 1.70 bits per heavy atom. The molecule has 0 amide bonds. The highest BCUT2D eigenvalue weighted by molar-refractivity contribution is 5.73. The third-order valence-corrected chi connectivity index (χ3v) is 0.864. The molecular weight excluding hydrogens is 138 g/mol. The van der Waals surface area contributed by atoms with Crippen LogP contribution in [0.4, 0.5) is 0 Å². The van der Waals surface area contributed by atoms with E-state index < -0.39 is 18.0 Å². The Kier molecular flexibility index (Phi) is 3.27. The topological polar surface area (TPSA) is 107 Å². The second kappa shape index (κ2) is 3.73. The van der Waals surface area contributed by atoms with Crippen molar-refractivity contribution in [2.75, 3.05) is 0 Å². The molecule has 0 aromatic carbocycles. The van der Waals surface area contributed by atoms with E-state index in [-0.39, 0.29) is 6.42 Å². The highest BCUT2D eigenvalue weighted by atomic mass is 16.5. The summed E-state index contributed by atoms with van der Waals surface area (Å²) < 4.78 is 0. The van der Waals surface area contributed by atoms with Crippen LogP contribution < -0.4 is 10.8 Å². The molecule has 0 saturated heterocycles. The predicted molar refractivity (Wildman–Crippen MR) is 30.9 cm³/mol. The summed E-state index contributed by atoms with van der Waals surface area (Å²) in [6.07, 6.45) is 0.670. The number of carboxylic acids is 1. The molecule has 5 heteroatoms. The Morgan fingerprint density at radius 3 is 2.50 bits per heavy atom. The second-order valence-corrected chi connectivity index (χ2v) is 1.72. The molecule has 0 aromatic heterocycles. The van der Waals surface area contributed by atoms with Crippen molar-refractivity contribution in [1.29, 1.82) is 0 Å². The van der Waals surface area contributed by atoms with Gasteiger partial charge in [0.15, 0.2) is 0 Å². The molecule has 0 aliphatic heterocycles. The summed E-state index contributed by atoms with van der Waals surface area (Å²) in [7, 11) is 0. The van der Waals surface area contributed by atoms with E-state index in [1.165, 1.54) is 0 Å². The van der Waals surface area contributed by atoms with Crippen molar-refractivity contribution in [1.82, 2.24) is 0 Å². The fourth-order valence-electron chi connectivity index (χ4n) is 0.329. The Bertz CT molecular complexity index is 150. The normalized spacial score (nSPS) is 14.7. The molecular formula is C5H8NO4-. The summed E-state index contributed by atoms with van der Waals surface area (Å²) in [6, 6.07) is -1.11. The van der Waals surface area contributed by atoms with Gasteiger partial charge < -0.3 is 21.1 Å². The Labute approximate surface area is 57.4 Å². The van der Waals surface area contributed by atoms with Crippen LogP contribution in [0.25, 0.3) is 0 Å². The zero-order valence-electron chi connectivity index (χ0n) is 5.15. The molecule has 0 saturated carbocycles. The quantitative estimate of drug-likeness (QED) is 0.422. The van der Waals surface area contributed by atoms with E-state index in [2.05, 4.69) is 0 Å². The SMILES string of the molecule is N[C@@H](C/C=C(\[O-])O)C(=O)O. The van der Waals surface area contributed by atoms with Gasteiger partial charge in [-0.25, -0.2) is 0 Å². The number of carboxylic acid groups (broad SMARTS) is 1. The van der Waals surface area contributed by atoms with Crippen LogP contribution in [0.3, 0.4) is 0 Å². The van der Waals surface area contributed by atoms with Crippen LogP contribution in [0.1, 0.15) is 6.42 Å². The van der Waals surface area contributed by atoms with E-state index in [1.807, 2.05) is 0 Å². The molecule has 0 aliphatic carbocycles. The number of aliphatic carboxylic acids is 1. The van der Waals surface area contributed by atoms with E-state index >= 15 is 0 Å². The number of carbonyl (C=O) groups is 1. The van der Waals surface area contributed by atoms with E-state index in [1.54, 1.807) is 0 Å². The number of rotatable bonds is 3. The molecule has 58 valence electrons. The van der Waals surface area contributed by atoms with E-state index in [0.717, 1.165) is 6.08 Å². The summed E-state index contributed by atoms with van der Waals surface area (Å²) in [5, 5.41) is 26.0. The van der Waals surface area contributed by atoms with Gasteiger partial charge >= 0.3 is 5.97 Å². The van der Waals surface area contributed by atoms with Crippen LogP contribution in [0.15, 0.2) is 12.0 Å². The van der Waals surface area contributed by atoms with Crippen molar-refractivity contribution in [2.45, 2.75) is 12.5 Å². The van der Waals surface area contributed by atoms with Crippen molar-refractivity contribution in [3.8, 4) is 0 Å². The van der Waals surface area contributed by atoms with Crippen LogP contribution in [-0.4, -0.2) is 22.2 Å². The van der Waals surface area contributed by atoms with Crippen LogP contribution >= 0.6 is 0 Å². The largest absolute Gasteiger partial charge is 0.629 e. The molecule has 5 nitrogen and oxygen atoms in total. The van der Waals surface area contributed by atoms with Crippen molar-refractivity contribution >= 4 is 5.97 Å². The number of aliphatic hydroxyl groups excluding tert-OH is 1. The average molecular weight is 146 g/mol. The average Bonchev–Trinajstić information content (AvgIpc) is 1.82.